The molecule has 1 atom stereocenters. The first kappa shape index (κ1) is 15.7. The molecule has 1 aliphatic rings. The maximum atomic E-state index is 12.3. The Kier molecular flexibility index (Phi) is 4.47. The van der Waals surface area contributed by atoms with Gasteiger partial charge in [-0.2, -0.15) is 0 Å². The Hall–Kier alpha value is -2.15. The quantitative estimate of drug-likeness (QED) is 0.572. The molecule has 23 heavy (non-hydrogen) atoms. The molecule has 0 aliphatic carbocycles. The van der Waals surface area contributed by atoms with Crippen LogP contribution in [0.25, 0.3) is 0 Å². The van der Waals surface area contributed by atoms with Gasteiger partial charge < -0.3 is 19.9 Å². The van der Waals surface area contributed by atoms with E-state index in [4.69, 9.17) is 4.65 Å². The number of aromatic hydroxyl groups is 1. The molecule has 0 radical (unpaired) electrons. The first-order chi connectivity index (χ1) is 11.0. The summed E-state index contributed by atoms with van der Waals surface area (Å²) in [4.78, 5) is 12.3. The van der Waals surface area contributed by atoms with Crippen molar-refractivity contribution in [2.75, 3.05) is 0 Å². The minimum Gasteiger partial charge on any atom is -0.508 e. The molecule has 1 unspecified atom stereocenters. The zero-order valence-corrected chi connectivity index (χ0v) is 12.5. The summed E-state index contributed by atoms with van der Waals surface area (Å²) in [5.74, 6) is 0.0423. The summed E-state index contributed by atoms with van der Waals surface area (Å²) < 4.78 is 5.11. The number of aliphatic hydroxyl groups is 1. The fourth-order valence-electron chi connectivity index (χ4n) is 2.66. The standard InChI is InChI=1S/C17H17BO5/c19-14-5-3-11(4-6-14)16(20)7-8-17(21)12-1-2-13-10-23-18(22)15(13)9-12/h1-6,9,16,19-20,22H,7-8,10H2. The van der Waals surface area contributed by atoms with Gasteiger partial charge in [0, 0.05) is 12.0 Å². The van der Waals surface area contributed by atoms with E-state index in [1.165, 1.54) is 12.1 Å². The van der Waals surface area contributed by atoms with Crippen LogP contribution in [0.4, 0.5) is 0 Å². The molecule has 2 aromatic carbocycles. The van der Waals surface area contributed by atoms with Crippen molar-refractivity contribution in [2.24, 2.45) is 0 Å². The van der Waals surface area contributed by atoms with Gasteiger partial charge in [-0.3, -0.25) is 4.79 Å². The number of phenols is 1. The Morgan fingerprint density at radius 1 is 1.22 bits per heavy atom. The number of carbonyl (C=O) groups excluding carboxylic acids is 1. The number of hydrogen-bond donors (Lipinski definition) is 3. The van der Waals surface area contributed by atoms with Crippen molar-refractivity contribution in [2.45, 2.75) is 25.6 Å². The van der Waals surface area contributed by atoms with E-state index in [0.29, 0.717) is 29.6 Å². The zero-order valence-electron chi connectivity index (χ0n) is 12.5. The topological polar surface area (TPSA) is 87.0 Å². The number of Topliss-reactive ketones (excluding diaryl/α,β-unsaturated/α-hetero) is 1. The Morgan fingerprint density at radius 3 is 2.70 bits per heavy atom. The molecule has 0 bridgehead atoms. The van der Waals surface area contributed by atoms with E-state index >= 15 is 0 Å². The van der Waals surface area contributed by atoms with Crippen molar-refractivity contribution < 1.29 is 24.7 Å². The lowest BCUT2D eigenvalue weighted by atomic mass is 9.78. The van der Waals surface area contributed by atoms with Crippen LogP contribution in [0.2, 0.25) is 0 Å². The molecule has 3 N–H and O–H groups in total. The van der Waals surface area contributed by atoms with Crippen LogP contribution in [0, 0.1) is 0 Å². The molecule has 1 aliphatic heterocycles. The summed E-state index contributed by atoms with van der Waals surface area (Å²) in [5, 5.41) is 29.0. The second kappa shape index (κ2) is 6.54. The molecule has 0 spiro atoms. The number of hydrogen-bond acceptors (Lipinski definition) is 5. The molecular weight excluding hydrogens is 295 g/mol. The monoisotopic (exact) mass is 312 g/mol. The minimum atomic E-state index is -0.972. The third-order valence-corrected chi connectivity index (χ3v) is 4.05. The SMILES string of the molecule is O=C(CCC(O)c1ccc(O)cc1)c1ccc2c(c1)B(O)OC2. The van der Waals surface area contributed by atoms with E-state index in [1.54, 1.807) is 30.3 Å². The third-order valence-electron chi connectivity index (χ3n) is 4.05. The molecule has 0 amide bonds. The molecule has 1 heterocycles. The molecule has 0 aromatic heterocycles. The van der Waals surface area contributed by atoms with Gasteiger partial charge in [0.15, 0.2) is 5.78 Å². The Morgan fingerprint density at radius 2 is 1.96 bits per heavy atom. The van der Waals surface area contributed by atoms with Gasteiger partial charge in [0.25, 0.3) is 0 Å². The maximum Gasteiger partial charge on any atom is 0.491 e. The smallest absolute Gasteiger partial charge is 0.491 e. The van der Waals surface area contributed by atoms with E-state index in [9.17, 15) is 20.0 Å². The van der Waals surface area contributed by atoms with E-state index in [2.05, 4.69) is 0 Å². The van der Waals surface area contributed by atoms with Crippen molar-refractivity contribution in [3.63, 3.8) is 0 Å². The maximum absolute atomic E-state index is 12.3. The van der Waals surface area contributed by atoms with Crippen LogP contribution in [0.3, 0.4) is 0 Å². The van der Waals surface area contributed by atoms with Crippen molar-refractivity contribution >= 4 is 18.4 Å². The van der Waals surface area contributed by atoms with Crippen molar-refractivity contribution in [3.8, 4) is 5.75 Å². The summed E-state index contributed by atoms with van der Waals surface area (Å²) >= 11 is 0. The largest absolute Gasteiger partial charge is 0.508 e. The number of ketones is 1. The van der Waals surface area contributed by atoms with Crippen molar-refractivity contribution in [1.29, 1.82) is 0 Å². The molecule has 6 heteroatoms. The van der Waals surface area contributed by atoms with Crippen molar-refractivity contribution in [3.05, 3.63) is 59.2 Å². The van der Waals surface area contributed by atoms with E-state index in [1.807, 2.05) is 0 Å². The number of fused-ring (bicyclic) bond motifs is 1. The number of phenolic OH excluding ortho intramolecular Hbond substituents is 1. The summed E-state index contributed by atoms with van der Waals surface area (Å²) in [7, 11) is -0.972. The predicted molar refractivity (Wildman–Crippen MR) is 85.5 cm³/mol. The summed E-state index contributed by atoms with van der Waals surface area (Å²) in [6.45, 7) is 0.352. The van der Waals surface area contributed by atoms with Gasteiger partial charge in [-0.05, 0) is 35.1 Å². The van der Waals surface area contributed by atoms with Gasteiger partial charge in [0.2, 0.25) is 0 Å². The average molecular weight is 312 g/mol. The average Bonchev–Trinajstić information content (AvgIpc) is 2.93. The molecule has 0 saturated heterocycles. The predicted octanol–water partition coefficient (Wildman–Crippen LogP) is 1.31. The summed E-state index contributed by atoms with van der Waals surface area (Å²) in [6, 6.07) is 11.4. The fourth-order valence-corrected chi connectivity index (χ4v) is 2.66. The van der Waals surface area contributed by atoms with Crippen LogP contribution in [-0.4, -0.2) is 28.1 Å². The third kappa shape index (κ3) is 3.45. The van der Waals surface area contributed by atoms with Crippen LogP contribution in [0.1, 0.15) is 40.4 Å². The number of benzene rings is 2. The molecule has 3 rings (SSSR count). The zero-order chi connectivity index (χ0) is 16.4. The Balaban J connectivity index is 1.63. The second-order valence-electron chi connectivity index (χ2n) is 5.65. The lowest BCUT2D eigenvalue weighted by molar-refractivity contribution is 0.0940. The highest BCUT2D eigenvalue weighted by molar-refractivity contribution is 6.61. The summed E-state index contributed by atoms with van der Waals surface area (Å²) in [5.41, 5.74) is 2.69. The van der Waals surface area contributed by atoms with Gasteiger partial charge in [-0.25, -0.2) is 0 Å². The highest BCUT2D eigenvalue weighted by Crippen LogP contribution is 2.22. The minimum absolute atomic E-state index is 0.0928. The summed E-state index contributed by atoms with van der Waals surface area (Å²) in [6.07, 6.45) is -0.278. The molecule has 0 fully saturated rings. The highest BCUT2D eigenvalue weighted by Gasteiger charge is 2.28. The van der Waals surface area contributed by atoms with Crippen LogP contribution in [0.5, 0.6) is 5.75 Å². The lowest BCUT2D eigenvalue weighted by Gasteiger charge is -2.11. The normalized spacial score (nSPS) is 14.6. The van der Waals surface area contributed by atoms with Gasteiger partial charge in [-0.1, -0.05) is 30.3 Å². The first-order valence-electron chi connectivity index (χ1n) is 7.47. The van der Waals surface area contributed by atoms with Gasteiger partial charge >= 0.3 is 7.12 Å². The number of aliphatic hydroxyl groups excluding tert-OH is 1. The highest BCUT2D eigenvalue weighted by atomic mass is 16.5. The molecule has 2 aromatic rings. The van der Waals surface area contributed by atoms with Gasteiger partial charge in [-0.15, -0.1) is 0 Å². The fraction of sp³-hybridized carbons (Fsp3) is 0.235. The van der Waals surface area contributed by atoms with E-state index in [-0.39, 0.29) is 18.0 Å². The van der Waals surface area contributed by atoms with Crippen molar-refractivity contribution in [1.82, 2.24) is 0 Å². The van der Waals surface area contributed by atoms with Crippen LogP contribution < -0.4 is 5.46 Å². The first-order valence-corrected chi connectivity index (χ1v) is 7.47. The number of carbonyl (C=O) groups is 1. The lowest BCUT2D eigenvalue weighted by Crippen LogP contribution is -2.28. The number of rotatable bonds is 5. The molecule has 5 nitrogen and oxygen atoms in total. The molecular formula is C17H17BO5. The van der Waals surface area contributed by atoms with E-state index < -0.39 is 13.2 Å². The Labute approximate surface area is 134 Å². The van der Waals surface area contributed by atoms with E-state index in [0.717, 1.165) is 5.56 Å². The van der Waals surface area contributed by atoms with Crippen LogP contribution >= 0.6 is 0 Å². The van der Waals surface area contributed by atoms with Crippen LogP contribution in [-0.2, 0) is 11.3 Å². The molecule has 0 saturated carbocycles. The molecule has 118 valence electrons. The second-order valence-corrected chi connectivity index (χ2v) is 5.65. The Bertz CT molecular complexity index is 713. The van der Waals surface area contributed by atoms with Gasteiger partial charge in [0.05, 0.1) is 12.7 Å². The van der Waals surface area contributed by atoms with Crippen LogP contribution in [0.15, 0.2) is 42.5 Å². The van der Waals surface area contributed by atoms with Gasteiger partial charge in [0.1, 0.15) is 5.75 Å².